The molecule has 0 saturated heterocycles. The molecule has 0 bridgehead atoms. The molecule has 0 amide bonds. The van der Waals surface area contributed by atoms with Crippen LogP contribution in [-0.4, -0.2) is 6.36 Å². The highest BCUT2D eigenvalue weighted by Gasteiger charge is 2.33. The zero-order valence-electron chi connectivity index (χ0n) is 11.1. The van der Waals surface area contributed by atoms with Crippen molar-refractivity contribution in [2.45, 2.75) is 25.2 Å². The van der Waals surface area contributed by atoms with Crippen LogP contribution in [0.15, 0.2) is 41.8 Å². The summed E-state index contributed by atoms with van der Waals surface area (Å²) in [7, 11) is 0. The van der Waals surface area contributed by atoms with Gasteiger partial charge in [0.1, 0.15) is 5.75 Å². The fourth-order valence-corrected chi connectivity index (χ4v) is 3.15. The van der Waals surface area contributed by atoms with Crippen molar-refractivity contribution in [3.05, 3.63) is 46.7 Å². The van der Waals surface area contributed by atoms with Gasteiger partial charge in [-0.15, -0.1) is 24.5 Å². The Labute approximate surface area is 124 Å². The molecule has 0 radical (unpaired) electrons. The Bertz CT molecular complexity index is 593. The maximum atomic E-state index is 12.3. The number of halogens is 3. The average molecular weight is 313 g/mol. The topological polar surface area (TPSA) is 21.3 Å². The molecule has 3 rings (SSSR count). The molecule has 1 aliphatic rings. The molecule has 1 N–H and O–H groups in total. The summed E-state index contributed by atoms with van der Waals surface area (Å²) < 4.78 is 40.7. The summed E-state index contributed by atoms with van der Waals surface area (Å²) in [5.41, 5.74) is 0.641. The Balaban J connectivity index is 1.75. The first-order valence-corrected chi connectivity index (χ1v) is 7.55. The molecule has 2 nitrogen and oxygen atoms in total. The second-order valence-corrected chi connectivity index (χ2v) is 6.03. The molecule has 1 aliphatic carbocycles. The van der Waals surface area contributed by atoms with E-state index in [-0.39, 0.29) is 11.8 Å². The van der Waals surface area contributed by atoms with Crippen LogP contribution in [0.5, 0.6) is 5.75 Å². The average Bonchev–Trinajstić information content (AvgIpc) is 3.09. The Morgan fingerprint density at radius 3 is 2.62 bits per heavy atom. The van der Waals surface area contributed by atoms with Crippen LogP contribution >= 0.6 is 11.3 Å². The van der Waals surface area contributed by atoms with Gasteiger partial charge in [0.25, 0.3) is 0 Å². The van der Waals surface area contributed by atoms with Gasteiger partial charge >= 0.3 is 6.36 Å². The molecular formula is C15H14F3NOS. The SMILES string of the molecule is FC(F)(F)Oc1cccc(NC(c2cccs2)C2CC2)c1. The van der Waals surface area contributed by atoms with Crippen LogP contribution in [0.4, 0.5) is 18.9 Å². The molecule has 1 heterocycles. The fraction of sp³-hybridized carbons (Fsp3) is 0.333. The fourth-order valence-electron chi connectivity index (χ4n) is 2.28. The summed E-state index contributed by atoms with van der Waals surface area (Å²) in [5.74, 6) is 0.351. The highest BCUT2D eigenvalue weighted by molar-refractivity contribution is 7.10. The first-order valence-electron chi connectivity index (χ1n) is 6.67. The Kier molecular flexibility index (Phi) is 3.80. The molecule has 21 heavy (non-hydrogen) atoms. The van der Waals surface area contributed by atoms with Crippen molar-refractivity contribution in [2.75, 3.05) is 5.32 Å². The standard InChI is InChI=1S/C15H14F3NOS/c16-15(17,18)20-12-4-1-3-11(9-12)19-14(10-6-7-10)13-5-2-8-21-13/h1-5,8-10,14,19H,6-7H2. The van der Waals surface area contributed by atoms with E-state index in [1.54, 1.807) is 23.5 Å². The zero-order chi connectivity index (χ0) is 14.9. The Morgan fingerprint density at radius 2 is 2.00 bits per heavy atom. The second kappa shape index (κ2) is 5.60. The minimum Gasteiger partial charge on any atom is -0.406 e. The van der Waals surface area contributed by atoms with E-state index < -0.39 is 6.36 Å². The van der Waals surface area contributed by atoms with Gasteiger partial charge in [0, 0.05) is 16.6 Å². The normalized spacial score (nSPS) is 16.5. The lowest BCUT2D eigenvalue weighted by atomic mass is 10.1. The molecule has 0 aliphatic heterocycles. The first-order chi connectivity index (χ1) is 10.0. The molecule has 1 saturated carbocycles. The largest absolute Gasteiger partial charge is 0.573 e. The highest BCUT2D eigenvalue weighted by Crippen LogP contribution is 2.44. The van der Waals surface area contributed by atoms with Crippen LogP contribution in [0.1, 0.15) is 23.8 Å². The van der Waals surface area contributed by atoms with E-state index in [0.29, 0.717) is 11.6 Å². The van der Waals surface area contributed by atoms with Gasteiger partial charge in [0.2, 0.25) is 0 Å². The van der Waals surface area contributed by atoms with Gasteiger partial charge in [-0.1, -0.05) is 12.1 Å². The molecule has 1 aromatic carbocycles. The number of benzene rings is 1. The Morgan fingerprint density at radius 1 is 1.19 bits per heavy atom. The van der Waals surface area contributed by atoms with E-state index in [4.69, 9.17) is 0 Å². The minimum absolute atomic E-state index is 0.158. The number of nitrogens with one attached hydrogen (secondary N) is 1. The number of anilines is 1. The molecule has 6 heteroatoms. The number of alkyl halides is 3. The third-order valence-corrected chi connectivity index (χ3v) is 4.29. The molecule has 112 valence electrons. The van der Waals surface area contributed by atoms with Gasteiger partial charge in [-0.25, -0.2) is 0 Å². The van der Waals surface area contributed by atoms with Crippen molar-refractivity contribution < 1.29 is 17.9 Å². The van der Waals surface area contributed by atoms with Crippen LogP contribution in [0, 0.1) is 5.92 Å². The maximum absolute atomic E-state index is 12.3. The minimum atomic E-state index is -4.66. The van der Waals surface area contributed by atoms with Crippen molar-refractivity contribution in [2.24, 2.45) is 5.92 Å². The van der Waals surface area contributed by atoms with Crippen molar-refractivity contribution >= 4 is 17.0 Å². The maximum Gasteiger partial charge on any atom is 0.573 e. The van der Waals surface area contributed by atoms with Gasteiger partial charge in [-0.05, 0) is 42.3 Å². The van der Waals surface area contributed by atoms with Crippen molar-refractivity contribution in [3.8, 4) is 5.75 Å². The lowest BCUT2D eigenvalue weighted by Gasteiger charge is -2.19. The monoisotopic (exact) mass is 313 g/mol. The van der Waals surface area contributed by atoms with Crippen LogP contribution in [0.3, 0.4) is 0 Å². The third-order valence-electron chi connectivity index (χ3n) is 3.33. The predicted molar refractivity (Wildman–Crippen MR) is 76.5 cm³/mol. The Hall–Kier alpha value is -1.69. The van der Waals surface area contributed by atoms with Crippen LogP contribution in [-0.2, 0) is 0 Å². The third kappa shape index (κ3) is 3.91. The van der Waals surface area contributed by atoms with Crippen LogP contribution < -0.4 is 10.1 Å². The molecule has 1 fully saturated rings. The first kappa shape index (κ1) is 14.3. The summed E-state index contributed by atoms with van der Waals surface area (Å²) in [5, 5.41) is 5.34. The molecular weight excluding hydrogens is 299 g/mol. The lowest BCUT2D eigenvalue weighted by molar-refractivity contribution is -0.274. The lowest BCUT2D eigenvalue weighted by Crippen LogP contribution is -2.17. The number of hydrogen-bond donors (Lipinski definition) is 1. The molecule has 0 spiro atoms. The van der Waals surface area contributed by atoms with E-state index >= 15 is 0 Å². The van der Waals surface area contributed by atoms with Gasteiger partial charge in [-0.2, -0.15) is 0 Å². The van der Waals surface area contributed by atoms with Gasteiger partial charge in [0.05, 0.1) is 6.04 Å². The van der Waals surface area contributed by atoms with E-state index in [0.717, 1.165) is 12.8 Å². The highest BCUT2D eigenvalue weighted by atomic mass is 32.1. The molecule has 1 atom stereocenters. The quantitative estimate of drug-likeness (QED) is 0.818. The molecule has 1 unspecified atom stereocenters. The summed E-state index contributed by atoms with van der Waals surface area (Å²) in [4.78, 5) is 1.21. The number of ether oxygens (including phenoxy) is 1. The second-order valence-electron chi connectivity index (χ2n) is 5.05. The van der Waals surface area contributed by atoms with Crippen LogP contribution in [0.2, 0.25) is 0 Å². The molecule has 1 aromatic heterocycles. The number of rotatable bonds is 5. The number of thiophene rings is 1. The van der Waals surface area contributed by atoms with E-state index in [9.17, 15) is 13.2 Å². The van der Waals surface area contributed by atoms with Gasteiger partial charge in [-0.3, -0.25) is 0 Å². The number of hydrogen-bond acceptors (Lipinski definition) is 3. The van der Waals surface area contributed by atoms with Crippen molar-refractivity contribution in [1.82, 2.24) is 0 Å². The van der Waals surface area contributed by atoms with Crippen LogP contribution in [0.25, 0.3) is 0 Å². The molecule has 2 aromatic rings. The van der Waals surface area contributed by atoms with Gasteiger partial charge in [0.15, 0.2) is 0 Å². The van der Waals surface area contributed by atoms with E-state index in [1.807, 2.05) is 11.4 Å². The van der Waals surface area contributed by atoms with Crippen molar-refractivity contribution in [3.63, 3.8) is 0 Å². The predicted octanol–water partition coefficient (Wildman–Crippen LogP) is 5.21. The van der Waals surface area contributed by atoms with E-state index in [2.05, 4.69) is 16.1 Å². The van der Waals surface area contributed by atoms with Gasteiger partial charge < -0.3 is 10.1 Å². The summed E-state index contributed by atoms with van der Waals surface area (Å²) >= 11 is 1.66. The summed E-state index contributed by atoms with van der Waals surface area (Å²) in [6.45, 7) is 0. The smallest absolute Gasteiger partial charge is 0.406 e. The van der Waals surface area contributed by atoms with E-state index in [1.165, 1.54) is 17.0 Å². The summed E-state index contributed by atoms with van der Waals surface area (Å²) in [6.07, 6.45) is -2.37. The summed E-state index contributed by atoms with van der Waals surface area (Å²) in [6, 6.07) is 10.2. The van der Waals surface area contributed by atoms with Crippen molar-refractivity contribution in [1.29, 1.82) is 0 Å². The zero-order valence-corrected chi connectivity index (χ0v) is 11.9.